The molecule has 0 unspecified atom stereocenters. The Kier molecular flexibility index (Phi) is 2.96. The molecule has 4 saturated carbocycles. The smallest absolute Gasteiger partial charge is 0.00314 e. The summed E-state index contributed by atoms with van der Waals surface area (Å²) < 4.78 is 0. The van der Waals surface area contributed by atoms with Gasteiger partial charge in [0, 0.05) is 0 Å². The lowest BCUT2D eigenvalue weighted by Gasteiger charge is -2.54. The van der Waals surface area contributed by atoms with Crippen molar-refractivity contribution < 1.29 is 0 Å². The minimum Gasteiger partial charge on any atom is -0.0721 e. The van der Waals surface area contributed by atoms with Crippen LogP contribution in [-0.2, 0) is 6.16 Å². The molecule has 1 aromatic carbocycles. The van der Waals surface area contributed by atoms with Crippen molar-refractivity contribution in [2.24, 2.45) is 23.7 Å². The predicted octanol–water partition coefficient (Wildman–Crippen LogP) is 4.96. The highest BCUT2D eigenvalue weighted by Crippen LogP contribution is 2.58. The zero-order chi connectivity index (χ0) is 11.9. The molecular formula is C17H22P. The molecule has 4 aliphatic carbocycles. The summed E-state index contributed by atoms with van der Waals surface area (Å²) in [5, 5.41) is 0. The minimum atomic E-state index is 1.04. The van der Waals surface area contributed by atoms with Gasteiger partial charge in [0.25, 0.3) is 0 Å². The normalized spacial score (nSPS) is 41.9. The Labute approximate surface area is 112 Å². The summed E-state index contributed by atoms with van der Waals surface area (Å²) in [6, 6.07) is 11.1. The van der Waals surface area contributed by atoms with Gasteiger partial charge >= 0.3 is 0 Å². The molecule has 4 fully saturated rings. The average molecular weight is 257 g/mol. The van der Waals surface area contributed by atoms with Gasteiger partial charge in [0.1, 0.15) is 0 Å². The summed E-state index contributed by atoms with van der Waals surface area (Å²) in [5.41, 5.74) is 2.57. The van der Waals surface area contributed by atoms with Gasteiger partial charge in [-0.05, 0) is 73.2 Å². The fourth-order valence-corrected chi connectivity index (χ4v) is 6.70. The van der Waals surface area contributed by atoms with Gasteiger partial charge in [0.2, 0.25) is 0 Å². The second kappa shape index (κ2) is 4.64. The number of benzene rings is 1. The Hall–Kier alpha value is -0.350. The molecule has 0 heterocycles. The molecule has 0 aliphatic heterocycles. The van der Waals surface area contributed by atoms with E-state index in [9.17, 15) is 0 Å². The van der Waals surface area contributed by atoms with Gasteiger partial charge in [-0.15, -0.1) is 0 Å². The van der Waals surface area contributed by atoms with Gasteiger partial charge in [-0.3, -0.25) is 0 Å². The maximum atomic E-state index is 2.29. The first-order chi connectivity index (χ1) is 8.88. The molecule has 1 radical (unpaired) electrons. The van der Waals surface area contributed by atoms with Crippen LogP contribution in [-0.4, -0.2) is 5.66 Å². The Bertz CT molecular complexity index is 383. The fourth-order valence-electron chi connectivity index (χ4n) is 4.99. The van der Waals surface area contributed by atoms with Crippen LogP contribution in [0.5, 0.6) is 0 Å². The van der Waals surface area contributed by atoms with Gasteiger partial charge in [-0.2, -0.15) is 0 Å². The summed E-state index contributed by atoms with van der Waals surface area (Å²) in [6.45, 7) is 0. The van der Waals surface area contributed by atoms with Crippen molar-refractivity contribution in [3.05, 3.63) is 35.9 Å². The van der Waals surface area contributed by atoms with Gasteiger partial charge in [-0.1, -0.05) is 38.9 Å². The summed E-state index contributed by atoms with van der Waals surface area (Å²) in [6.07, 6.45) is 9.14. The van der Waals surface area contributed by atoms with Crippen molar-refractivity contribution >= 4 is 8.58 Å². The molecule has 4 bridgehead atoms. The lowest BCUT2D eigenvalue weighted by Crippen LogP contribution is -2.46. The van der Waals surface area contributed by atoms with Crippen molar-refractivity contribution in [2.45, 2.75) is 43.9 Å². The standard InChI is InChI=1S/C17H22P/c1-2-4-12(5-3-1)11-18-17-15-7-13-6-14(9-15)10-16(17)8-13/h1-5,13-17H,6-11H2. The largest absolute Gasteiger partial charge is 0.0721 e. The maximum absolute atomic E-state index is 2.29. The molecule has 0 amide bonds. The van der Waals surface area contributed by atoms with E-state index in [1.807, 2.05) is 0 Å². The van der Waals surface area contributed by atoms with Crippen LogP contribution < -0.4 is 0 Å². The molecule has 1 heteroatoms. The SMILES string of the molecule is c1ccc(C[P]C2C3CC4CC(C3)CC2C4)cc1. The molecule has 0 saturated heterocycles. The summed E-state index contributed by atoms with van der Waals surface area (Å²) in [4.78, 5) is 0. The zero-order valence-corrected chi connectivity index (χ0v) is 11.9. The topological polar surface area (TPSA) is 0 Å². The third kappa shape index (κ3) is 2.03. The first-order valence-electron chi connectivity index (χ1n) is 7.59. The highest BCUT2D eigenvalue weighted by molar-refractivity contribution is 7.38. The highest BCUT2D eigenvalue weighted by atomic mass is 31.1. The van der Waals surface area contributed by atoms with Crippen molar-refractivity contribution in [1.82, 2.24) is 0 Å². The molecule has 0 nitrogen and oxygen atoms in total. The Morgan fingerprint density at radius 2 is 1.44 bits per heavy atom. The predicted molar refractivity (Wildman–Crippen MR) is 77.9 cm³/mol. The molecule has 5 rings (SSSR count). The lowest BCUT2D eigenvalue weighted by atomic mass is 9.56. The van der Waals surface area contributed by atoms with E-state index in [0.717, 1.165) is 29.3 Å². The van der Waals surface area contributed by atoms with E-state index in [4.69, 9.17) is 0 Å². The van der Waals surface area contributed by atoms with Crippen LogP contribution in [0.25, 0.3) is 0 Å². The van der Waals surface area contributed by atoms with Crippen molar-refractivity contribution in [3.63, 3.8) is 0 Å². The monoisotopic (exact) mass is 257 g/mol. The first kappa shape index (κ1) is 11.5. The fraction of sp³-hybridized carbons (Fsp3) is 0.647. The second-order valence-electron chi connectivity index (χ2n) is 6.75. The molecule has 95 valence electrons. The van der Waals surface area contributed by atoms with E-state index in [1.165, 1.54) is 11.7 Å². The van der Waals surface area contributed by atoms with E-state index >= 15 is 0 Å². The summed E-state index contributed by atoms with van der Waals surface area (Å²) >= 11 is 0. The van der Waals surface area contributed by atoms with Crippen LogP contribution in [0.1, 0.15) is 37.7 Å². The lowest BCUT2D eigenvalue weighted by molar-refractivity contribution is 0.0256. The molecule has 1 aromatic rings. The summed E-state index contributed by atoms with van der Waals surface area (Å²) in [7, 11) is 1.73. The molecule has 0 N–H and O–H groups in total. The van der Waals surface area contributed by atoms with Crippen LogP contribution in [0, 0.1) is 23.7 Å². The van der Waals surface area contributed by atoms with E-state index in [1.54, 1.807) is 40.7 Å². The van der Waals surface area contributed by atoms with Crippen LogP contribution in [0.4, 0.5) is 0 Å². The highest BCUT2D eigenvalue weighted by Gasteiger charge is 2.47. The number of rotatable bonds is 3. The Morgan fingerprint density at radius 3 is 2.06 bits per heavy atom. The molecule has 18 heavy (non-hydrogen) atoms. The van der Waals surface area contributed by atoms with Crippen molar-refractivity contribution in [3.8, 4) is 0 Å². The number of hydrogen-bond donors (Lipinski definition) is 0. The van der Waals surface area contributed by atoms with Crippen molar-refractivity contribution in [1.29, 1.82) is 0 Å². The third-order valence-electron chi connectivity index (χ3n) is 5.50. The first-order valence-corrected chi connectivity index (χ1v) is 8.74. The van der Waals surface area contributed by atoms with Crippen LogP contribution in [0.2, 0.25) is 0 Å². The van der Waals surface area contributed by atoms with Crippen molar-refractivity contribution in [2.75, 3.05) is 0 Å². The maximum Gasteiger partial charge on any atom is -0.00314 e. The van der Waals surface area contributed by atoms with Gasteiger partial charge in [-0.25, -0.2) is 0 Å². The molecule has 0 aromatic heterocycles. The summed E-state index contributed by atoms with van der Waals surface area (Å²) in [5.74, 6) is 4.42. The zero-order valence-electron chi connectivity index (χ0n) is 11.0. The van der Waals surface area contributed by atoms with Gasteiger partial charge < -0.3 is 0 Å². The Balaban J connectivity index is 1.43. The Morgan fingerprint density at radius 1 is 0.833 bits per heavy atom. The van der Waals surface area contributed by atoms with Crippen LogP contribution >= 0.6 is 8.58 Å². The van der Waals surface area contributed by atoms with Crippen LogP contribution in [0.15, 0.2) is 30.3 Å². The minimum absolute atomic E-state index is 1.04. The van der Waals surface area contributed by atoms with Gasteiger partial charge in [0.05, 0.1) is 0 Å². The van der Waals surface area contributed by atoms with E-state index in [-0.39, 0.29) is 0 Å². The number of hydrogen-bond acceptors (Lipinski definition) is 0. The molecule has 4 aliphatic rings. The van der Waals surface area contributed by atoms with E-state index in [2.05, 4.69) is 30.3 Å². The van der Waals surface area contributed by atoms with Gasteiger partial charge in [0.15, 0.2) is 0 Å². The average Bonchev–Trinajstić information content (AvgIpc) is 2.38. The van der Waals surface area contributed by atoms with E-state index < -0.39 is 0 Å². The van der Waals surface area contributed by atoms with Crippen LogP contribution in [0.3, 0.4) is 0 Å². The molecular weight excluding hydrogens is 235 g/mol. The molecule has 0 atom stereocenters. The van der Waals surface area contributed by atoms with E-state index in [0.29, 0.717) is 0 Å². The molecule has 0 spiro atoms. The third-order valence-corrected chi connectivity index (χ3v) is 7.32. The quantitative estimate of drug-likeness (QED) is 0.671. The second-order valence-corrected chi connectivity index (χ2v) is 8.03.